The summed E-state index contributed by atoms with van der Waals surface area (Å²) in [5.74, 6) is -0.668. The fraction of sp³-hybridized carbons (Fsp3) is 0.182. The zero-order valence-corrected chi connectivity index (χ0v) is 10.1. The number of carbonyl (C=O) groups excluding carboxylic acids is 1. The molecule has 0 spiro atoms. The SMILES string of the molecule is C=C(C)C(=O)OCc1cc(Cl)c(O)c(Cl)c1. The summed E-state index contributed by atoms with van der Waals surface area (Å²) in [4.78, 5) is 11.1. The minimum absolute atomic E-state index is 0.0331. The highest BCUT2D eigenvalue weighted by Gasteiger charge is 2.09. The Morgan fingerprint density at radius 3 is 2.38 bits per heavy atom. The number of carbonyl (C=O) groups is 1. The van der Waals surface area contributed by atoms with E-state index in [1.165, 1.54) is 12.1 Å². The predicted molar refractivity (Wildman–Crippen MR) is 62.7 cm³/mol. The summed E-state index contributed by atoms with van der Waals surface area (Å²) in [7, 11) is 0. The fourth-order valence-corrected chi connectivity index (χ4v) is 1.51. The summed E-state index contributed by atoms with van der Waals surface area (Å²) in [5.41, 5.74) is 0.915. The highest BCUT2D eigenvalue weighted by molar-refractivity contribution is 6.37. The van der Waals surface area contributed by atoms with E-state index >= 15 is 0 Å². The smallest absolute Gasteiger partial charge is 0.333 e. The molecule has 16 heavy (non-hydrogen) atoms. The van der Waals surface area contributed by atoms with E-state index in [1.54, 1.807) is 6.92 Å². The molecule has 0 radical (unpaired) electrons. The van der Waals surface area contributed by atoms with E-state index in [9.17, 15) is 9.90 Å². The molecule has 1 N–H and O–H groups in total. The van der Waals surface area contributed by atoms with Gasteiger partial charge < -0.3 is 9.84 Å². The summed E-state index contributed by atoms with van der Waals surface area (Å²) >= 11 is 11.4. The van der Waals surface area contributed by atoms with Crippen LogP contribution in [0.15, 0.2) is 24.3 Å². The van der Waals surface area contributed by atoms with E-state index in [0.29, 0.717) is 11.1 Å². The van der Waals surface area contributed by atoms with E-state index in [2.05, 4.69) is 6.58 Å². The van der Waals surface area contributed by atoms with E-state index in [4.69, 9.17) is 27.9 Å². The van der Waals surface area contributed by atoms with Crippen molar-refractivity contribution in [2.75, 3.05) is 0 Å². The summed E-state index contributed by atoms with van der Waals surface area (Å²) in [6.07, 6.45) is 0. The van der Waals surface area contributed by atoms with Gasteiger partial charge in [0.15, 0.2) is 5.75 Å². The van der Waals surface area contributed by atoms with Gasteiger partial charge in [-0.2, -0.15) is 0 Å². The molecule has 0 atom stereocenters. The topological polar surface area (TPSA) is 46.5 Å². The van der Waals surface area contributed by atoms with Crippen LogP contribution in [0.25, 0.3) is 0 Å². The minimum Gasteiger partial charge on any atom is -0.505 e. The van der Waals surface area contributed by atoms with Crippen molar-refractivity contribution in [3.8, 4) is 5.75 Å². The predicted octanol–water partition coefficient (Wildman–Crippen LogP) is 3.32. The van der Waals surface area contributed by atoms with Crippen molar-refractivity contribution in [3.05, 3.63) is 39.9 Å². The molecule has 0 saturated carbocycles. The molecule has 3 nitrogen and oxygen atoms in total. The Balaban J connectivity index is 2.76. The van der Waals surface area contributed by atoms with Gasteiger partial charge in [-0.05, 0) is 24.6 Å². The van der Waals surface area contributed by atoms with E-state index in [-0.39, 0.29) is 22.4 Å². The van der Waals surface area contributed by atoms with Gasteiger partial charge in [-0.25, -0.2) is 4.79 Å². The zero-order chi connectivity index (χ0) is 12.3. The van der Waals surface area contributed by atoms with Crippen LogP contribution in [0.4, 0.5) is 0 Å². The van der Waals surface area contributed by atoms with Crippen molar-refractivity contribution in [1.82, 2.24) is 0 Å². The third kappa shape index (κ3) is 3.15. The second-order valence-corrected chi connectivity index (χ2v) is 4.08. The lowest BCUT2D eigenvalue weighted by molar-refractivity contribution is -0.140. The Hall–Kier alpha value is -1.19. The first-order valence-corrected chi connectivity index (χ1v) is 5.17. The molecule has 1 aromatic rings. The second-order valence-electron chi connectivity index (χ2n) is 3.26. The minimum atomic E-state index is -0.486. The lowest BCUT2D eigenvalue weighted by Crippen LogP contribution is -2.04. The number of phenolic OH excluding ortho intramolecular Hbond substituents is 1. The van der Waals surface area contributed by atoms with Crippen LogP contribution >= 0.6 is 23.2 Å². The van der Waals surface area contributed by atoms with Crippen LogP contribution in [-0.4, -0.2) is 11.1 Å². The Morgan fingerprint density at radius 1 is 1.44 bits per heavy atom. The summed E-state index contributed by atoms with van der Waals surface area (Å²) in [5, 5.41) is 9.55. The maximum absolute atomic E-state index is 11.1. The first kappa shape index (κ1) is 12.9. The average Bonchev–Trinajstić information content (AvgIpc) is 2.22. The number of aromatic hydroxyl groups is 1. The molecule has 0 saturated heterocycles. The van der Waals surface area contributed by atoms with Gasteiger partial charge in [-0.1, -0.05) is 29.8 Å². The third-order valence-corrected chi connectivity index (χ3v) is 2.37. The van der Waals surface area contributed by atoms with E-state index in [0.717, 1.165) is 0 Å². The molecule has 0 aliphatic rings. The van der Waals surface area contributed by atoms with Crippen molar-refractivity contribution < 1.29 is 14.6 Å². The number of hydrogen-bond acceptors (Lipinski definition) is 3. The molecule has 0 aliphatic carbocycles. The number of hydrogen-bond donors (Lipinski definition) is 1. The number of phenols is 1. The number of rotatable bonds is 3. The molecule has 0 unspecified atom stereocenters. The van der Waals surface area contributed by atoms with Gasteiger partial charge in [0.05, 0.1) is 10.0 Å². The van der Waals surface area contributed by atoms with Gasteiger partial charge in [-0.3, -0.25) is 0 Å². The highest BCUT2D eigenvalue weighted by Crippen LogP contribution is 2.32. The number of benzene rings is 1. The summed E-state index contributed by atoms with van der Waals surface area (Å²) < 4.78 is 4.90. The van der Waals surface area contributed by atoms with Crippen LogP contribution in [0.2, 0.25) is 10.0 Å². The van der Waals surface area contributed by atoms with Crippen LogP contribution in [0.5, 0.6) is 5.75 Å². The number of esters is 1. The molecule has 0 bridgehead atoms. The number of halogens is 2. The van der Waals surface area contributed by atoms with Gasteiger partial charge in [0.2, 0.25) is 0 Å². The fourth-order valence-electron chi connectivity index (χ4n) is 0.973. The Kier molecular flexibility index (Phi) is 4.21. The first-order valence-electron chi connectivity index (χ1n) is 4.41. The Labute approximate surface area is 103 Å². The first-order chi connectivity index (χ1) is 7.41. The highest BCUT2D eigenvalue weighted by atomic mass is 35.5. The molecule has 0 fully saturated rings. The molecule has 5 heteroatoms. The third-order valence-electron chi connectivity index (χ3n) is 1.80. The van der Waals surface area contributed by atoms with Gasteiger partial charge in [-0.15, -0.1) is 0 Å². The lowest BCUT2D eigenvalue weighted by atomic mass is 10.2. The average molecular weight is 261 g/mol. The molecule has 86 valence electrons. The van der Waals surface area contributed by atoms with Gasteiger partial charge in [0, 0.05) is 5.57 Å². The molecule has 0 aromatic heterocycles. The lowest BCUT2D eigenvalue weighted by Gasteiger charge is -2.06. The molecule has 0 aliphatic heterocycles. The Morgan fingerprint density at radius 2 is 1.94 bits per heavy atom. The molecule has 1 aromatic carbocycles. The maximum Gasteiger partial charge on any atom is 0.333 e. The maximum atomic E-state index is 11.1. The molecule has 0 amide bonds. The van der Waals surface area contributed by atoms with Crippen LogP contribution in [0, 0.1) is 0 Å². The van der Waals surface area contributed by atoms with Crippen molar-refractivity contribution >= 4 is 29.2 Å². The van der Waals surface area contributed by atoms with E-state index < -0.39 is 5.97 Å². The van der Waals surface area contributed by atoms with Gasteiger partial charge in [0.25, 0.3) is 0 Å². The van der Waals surface area contributed by atoms with Crippen LogP contribution < -0.4 is 0 Å². The number of ether oxygens (including phenoxy) is 1. The second kappa shape index (κ2) is 5.23. The summed E-state index contributed by atoms with van der Waals surface area (Å²) in [6.45, 7) is 5.04. The van der Waals surface area contributed by atoms with Gasteiger partial charge in [0.1, 0.15) is 6.61 Å². The molecule has 1 rings (SSSR count). The molecular formula is C11H10Cl2O3. The van der Waals surface area contributed by atoms with E-state index in [1.807, 2.05) is 0 Å². The monoisotopic (exact) mass is 260 g/mol. The van der Waals surface area contributed by atoms with Crippen molar-refractivity contribution in [1.29, 1.82) is 0 Å². The standard InChI is InChI=1S/C11H10Cl2O3/c1-6(2)11(15)16-5-7-3-8(12)10(14)9(13)4-7/h3-4,14H,1,5H2,2H3. The summed E-state index contributed by atoms with van der Waals surface area (Å²) in [6, 6.07) is 2.96. The van der Waals surface area contributed by atoms with Crippen LogP contribution in [0.3, 0.4) is 0 Å². The van der Waals surface area contributed by atoms with Crippen molar-refractivity contribution in [2.24, 2.45) is 0 Å². The van der Waals surface area contributed by atoms with Crippen LogP contribution in [0.1, 0.15) is 12.5 Å². The van der Waals surface area contributed by atoms with Gasteiger partial charge >= 0.3 is 5.97 Å². The quantitative estimate of drug-likeness (QED) is 0.670. The van der Waals surface area contributed by atoms with Crippen molar-refractivity contribution in [2.45, 2.75) is 13.5 Å². The van der Waals surface area contributed by atoms with Crippen molar-refractivity contribution in [3.63, 3.8) is 0 Å². The molecule has 0 heterocycles. The largest absolute Gasteiger partial charge is 0.505 e. The molecular weight excluding hydrogens is 251 g/mol. The van der Waals surface area contributed by atoms with Crippen LogP contribution in [-0.2, 0) is 16.1 Å². The zero-order valence-electron chi connectivity index (χ0n) is 8.59. The Bertz CT molecular complexity index is 418. The normalized spacial score (nSPS) is 9.94.